The van der Waals surface area contributed by atoms with E-state index in [0.29, 0.717) is 0 Å². The summed E-state index contributed by atoms with van der Waals surface area (Å²) in [6.45, 7) is 3.86. The number of hydrogen-bond donors (Lipinski definition) is 0. The molecule has 1 heterocycles. The van der Waals surface area contributed by atoms with Crippen LogP contribution in [0.15, 0.2) is 53.2 Å². The molecule has 3 rings (SSSR count). The van der Waals surface area contributed by atoms with Crippen LogP contribution in [0.4, 0.5) is 0 Å². The molecule has 1 heteroatoms. The van der Waals surface area contributed by atoms with Gasteiger partial charge in [-0.05, 0) is 29.7 Å². The van der Waals surface area contributed by atoms with Gasteiger partial charge in [0.2, 0.25) is 0 Å². The van der Waals surface area contributed by atoms with Gasteiger partial charge in [-0.15, -0.1) is 0 Å². The number of unbranched alkanes of at least 4 members (excludes halogenated alkanes) is 2. The van der Waals surface area contributed by atoms with Crippen LogP contribution in [-0.2, 0) is 0 Å². The van der Waals surface area contributed by atoms with E-state index in [0.717, 1.165) is 30.4 Å². The lowest BCUT2D eigenvalue weighted by Crippen LogP contribution is -1.75. The standard InChI is InChI=1S/C18H17O/c1-2-3-4-5-9-15-13-19-17-12-11-14-8-6-7-10-16(14)18(15)17/h5-13H,1-4H2. The largest absolute Gasteiger partial charge is 0.464 e. The van der Waals surface area contributed by atoms with Crippen molar-refractivity contribution >= 4 is 27.8 Å². The van der Waals surface area contributed by atoms with Gasteiger partial charge in [-0.3, -0.25) is 0 Å². The van der Waals surface area contributed by atoms with Gasteiger partial charge in [0.05, 0.1) is 6.26 Å². The van der Waals surface area contributed by atoms with Crippen LogP contribution in [0.1, 0.15) is 24.8 Å². The van der Waals surface area contributed by atoms with Crippen LogP contribution in [0.5, 0.6) is 0 Å². The van der Waals surface area contributed by atoms with Gasteiger partial charge >= 0.3 is 0 Å². The van der Waals surface area contributed by atoms with Gasteiger partial charge < -0.3 is 4.42 Å². The van der Waals surface area contributed by atoms with Gasteiger partial charge in [-0.1, -0.05) is 55.8 Å². The van der Waals surface area contributed by atoms with Gasteiger partial charge in [0.15, 0.2) is 0 Å². The normalized spacial score (nSPS) is 11.8. The Bertz CT molecular complexity index is 719. The second-order valence-corrected chi connectivity index (χ2v) is 4.75. The van der Waals surface area contributed by atoms with E-state index in [1.807, 2.05) is 12.3 Å². The Labute approximate surface area is 113 Å². The molecular formula is C18H17O. The molecule has 0 aliphatic heterocycles. The van der Waals surface area contributed by atoms with E-state index in [1.54, 1.807) is 0 Å². The molecule has 19 heavy (non-hydrogen) atoms. The number of hydrogen-bond acceptors (Lipinski definition) is 1. The summed E-state index contributed by atoms with van der Waals surface area (Å²) in [5, 5.41) is 3.72. The SMILES string of the molecule is [CH2]CCCC=Cc1coc2ccc3ccccc3c12. The molecule has 2 aromatic carbocycles. The van der Waals surface area contributed by atoms with Crippen molar-refractivity contribution in [3.8, 4) is 0 Å². The first-order valence-corrected chi connectivity index (χ1v) is 6.75. The number of allylic oxidation sites excluding steroid dienone is 1. The highest BCUT2D eigenvalue weighted by atomic mass is 16.3. The number of furan rings is 1. The topological polar surface area (TPSA) is 13.1 Å². The van der Waals surface area contributed by atoms with Crippen LogP contribution >= 0.6 is 0 Å². The molecule has 1 radical (unpaired) electrons. The van der Waals surface area contributed by atoms with E-state index in [9.17, 15) is 0 Å². The van der Waals surface area contributed by atoms with E-state index >= 15 is 0 Å². The average Bonchev–Trinajstić information content (AvgIpc) is 2.87. The van der Waals surface area contributed by atoms with Gasteiger partial charge in [0.1, 0.15) is 5.58 Å². The average molecular weight is 249 g/mol. The van der Waals surface area contributed by atoms with Crippen LogP contribution in [0.2, 0.25) is 0 Å². The summed E-state index contributed by atoms with van der Waals surface area (Å²) in [6, 6.07) is 12.6. The molecule has 0 aliphatic rings. The predicted octanol–water partition coefficient (Wildman–Crippen LogP) is 5.60. The Morgan fingerprint density at radius 2 is 2.00 bits per heavy atom. The van der Waals surface area contributed by atoms with Gasteiger partial charge in [-0.25, -0.2) is 0 Å². The zero-order valence-electron chi connectivity index (χ0n) is 10.9. The maximum absolute atomic E-state index is 5.65. The molecule has 0 aliphatic carbocycles. The van der Waals surface area contributed by atoms with E-state index in [-0.39, 0.29) is 0 Å². The summed E-state index contributed by atoms with van der Waals surface area (Å²) in [5.41, 5.74) is 2.12. The fourth-order valence-electron chi connectivity index (χ4n) is 2.43. The summed E-state index contributed by atoms with van der Waals surface area (Å²) in [4.78, 5) is 0. The van der Waals surface area contributed by atoms with Crippen molar-refractivity contribution in [2.24, 2.45) is 0 Å². The van der Waals surface area contributed by atoms with Crippen molar-refractivity contribution < 1.29 is 4.42 Å². The molecule has 0 unspecified atom stereocenters. The number of benzene rings is 2. The van der Waals surface area contributed by atoms with E-state index in [1.165, 1.54) is 16.2 Å². The van der Waals surface area contributed by atoms with E-state index < -0.39 is 0 Å². The molecule has 0 saturated heterocycles. The third kappa shape index (κ3) is 2.28. The molecule has 0 amide bonds. The van der Waals surface area contributed by atoms with Crippen molar-refractivity contribution in [2.75, 3.05) is 0 Å². The lowest BCUT2D eigenvalue weighted by Gasteiger charge is -1.99. The minimum absolute atomic E-state index is 0.954. The minimum Gasteiger partial charge on any atom is -0.464 e. The maximum Gasteiger partial charge on any atom is 0.135 e. The molecule has 0 atom stereocenters. The summed E-state index contributed by atoms with van der Waals surface area (Å²) in [6.07, 6.45) is 9.40. The Kier molecular flexibility index (Phi) is 3.37. The van der Waals surface area contributed by atoms with Gasteiger partial charge in [0.25, 0.3) is 0 Å². The van der Waals surface area contributed by atoms with Crippen molar-refractivity contribution in [2.45, 2.75) is 19.3 Å². The molecule has 0 fully saturated rings. The molecule has 95 valence electrons. The van der Waals surface area contributed by atoms with Crippen LogP contribution < -0.4 is 0 Å². The van der Waals surface area contributed by atoms with Crippen molar-refractivity contribution in [3.63, 3.8) is 0 Å². The van der Waals surface area contributed by atoms with Crippen LogP contribution in [-0.4, -0.2) is 0 Å². The van der Waals surface area contributed by atoms with Crippen LogP contribution in [0, 0.1) is 6.92 Å². The minimum atomic E-state index is 0.954. The fourth-order valence-corrected chi connectivity index (χ4v) is 2.43. The predicted molar refractivity (Wildman–Crippen MR) is 82.0 cm³/mol. The van der Waals surface area contributed by atoms with Crippen LogP contribution in [0.25, 0.3) is 27.8 Å². The Morgan fingerprint density at radius 1 is 1.11 bits per heavy atom. The quantitative estimate of drug-likeness (QED) is 0.548. The molecule has 0 bridgehead atoms. The lowest BCUT2D eigenvalue weighted by molar-refractivity contribution is 0.615. The molecular weight excluding hydrogens is 232 g/mol. The molecule has 0 spiro atoms. The van der Waals surface area contributed by atoms with Gasteiger partial charge in [-0.2, -0.15) is 0 Å². The summed E-state index contributed by atoms with van der Waals surface area (Å²) < 4.78 is 5.65. The second kappa shape index (κ2) is 5.31. The van der Waals surface area contributed by atoms with E-state index in [4.69, 9.17) is 4.42 Å². The highest BCUT2D eigenvalue weighted by Gasteiger charge is 2.07. The van der Waals surface area contributed by atoms with Gasteiger partial charge in [0, 0.05) is 10.9 Å². The molecule has 1 aromatic heterocycles. The molecule has 0 N–H and O–H groups in total. The Hall–Kier alpha value is -2.02. The lowest BCUT2D eigenvalue weighted by atomic mass is 10.0. The first-order chi connectivity index (χ1) is 9.40. The molecule has 0 saturated carbocycles. The zero-order chi connectivity index (χ0) is 13.1. The monoisotopic (exact) mass is 249 g/mol. The maximum atomic E-state index is 5.65. The number of rotatable bonds is 4. The Morgan fingerprint density at radius 3 is 2.89 bits per heavy atom. The van der Waals surface area contributed by atoms with Crippen molar-refractivity contribution in [1.82, 2.24) is 0 Å². The number of fused-ring (bicyclic) bond motifs is 3. The molecule has 1 nitrogen and oxygen atoms in total. The highest BCUT2D eigenvalue weighted by Crippen LogP contribution is 2.30. The first kappa shape index (κ1) is 12.0. The summed E-state index contributed by atoms with van der Waals surface area (Å²) in [5.74, 6) is 0. The van der Waals surface area contributed by atoms with Crippen LogP contribution in [0.3, 0.4) is 0 Å². The second-order valence-electron chi connectivity index (χ2n) is 4.75. The first-order valence-electron chi connectivity index (χ1n) is 6.75. The van der Waals surface area contributed by atoms with Crippen molar-refractivity contribution in [3.05, 3.63) is 61.2 Å². The highest BCUT2D eigenvalue weighted by molar-refractivity contribution is 6.09. The molecule has 3 aromatic rings. The Balaban J connectivity index is 2.10. The zero-order valence-corrected chi connectivity index (χ0v) is 10.9. The third-order valence-corrected chi connectivity index (χ3v) is 3.41. The third-order valence-electron chi connectivity index (χ3n) is 3.41. The smallest absolute Gasteiger partial charge is 0.135 e. The van der Waals surface area contributed by atoms with E-state index in [2.05, 4.69) is 49.4 Å². The summed E-state index contributed by atoms with van der Waals surface area (Å²) in [7, 11) is 0. The fraction of sp³-hybridized carbons (Fsp3) is 0.167. The summed E-state index contributed by atoms with van der Waals surface area (Å²) >= 11 is 0. The van der Waals surface area contributed by atoms with Crippen molar-refractivity contribution in [1.29, 1.82) is 0 Å².